The maximum atomic E-state index is 11.8. The van der Waals surface area contributed by atoms with Crippen molar-refractivity contribution in [2.24, 2.45) is 0 Å². The summed E-state index contributed by atoms with van der Waals surface area (Å²) in [7, 11) is 0. The van der Waals surface area contributed by atoms with Crippen LogP contribution in [0.4, 0.5) is 0 Å². The molecule has 1 aliphatic heterocycles. The normalized spacial score (nSPS) is 31.7. The first-order valence-corrected chi connectivity index (χ1v) is 7.32. The summed E-state index contributed by atoms with van der Waals surface area (Å²) in [4.78, 5) is 33.6. The summed E-state index contributed by atoms with van der Waals surface area (Å²) in [6.45, 7) is -0.252. The fourth-order valence-corrected chi connectivity index (χ4v) is 2.34. The highest BCUT2D eigenvalue weighted by molar-refractivity contribution is 5.84. The molecular formula is C13H21N2O10-. The van der Waals surface area contributed by atoms with Crippen molar-refractivity contribution < 1.29 is 49.8 Å². The van der Waals surface area contributed by atoms with Gasteiger partial charge in [-0.3, -0.25) is 9.59 Å². The van der Waals surface area contributed by atoms with Gasteiger partial charge in [-0.25, -0.2) is 0 Å². The van der Waals surface area contributed by atoms with Gasteiger partial charge in [-0.05, 0) is 0 Å². The minimum atomic E-state index is -2.97. The van der Waals surface area contributed by atoms with Crippen LogP contribution in [0.2, 0.25) is 0 Å². The number of hydrogen-bond acceptors (Lipinski definition) is 10. The Balaban J connectivity index is 2.99. The molecule has 0 saturated carbocycles. The third-order valence-electron chi connectivity index (χ3n) is 3.65. The lowest BCUT2D eigenvalue weighted by Crippen LogP contribution is -2.69. The fraction of sp³-hybridized carbons (Fsp3) is 0.769. The molecule has 0 aromatic carbocycles. The number of rotatable bonds is 7. The Morgan fingerprint density at radius 1 is 1.36 bits per heavy atom. The summed E-state index contributed by atoms with van der Waals surface area (Å²) in [5, 5.41) is 63.7. The molecule has 1 heterocycles. The quantitative estimate of drug-likeness (QED) is 0.227. The van der Waals surface area contributed by atoms with Crippen LogP contribution in [-0.4, -0.2) is 92.7 Å². The van der Waals surface area contributed by atoms with Gasteiger partial charge in [0.25, 0.3) is 0 Å². The molecule has 144 valence electrons. The molecule has 0 aliphatic carbocycles. The number of ether oxygens (including phenoxy) is 1. The molecule has 1 fully saturated rings. The summed E-state index contributed by atoms with van der Waals surface area (Å²) in [5.74, 6) is -6.38. The van der Waals surface area contributed by atoms with E-state index in [2.05, 4.69) is 10.6 Å². The predicted molar refractivity (Wildman–Crippen MR) is 75.2 cm³/mol. The molecule has 2 amide bonds. The van der Waals surface area contributed by atoms with Gasteiger partial charge >= 0.3 is 0 Å². The van der Waals surface area contributed by atoms with Crippen molar-refractivity contribution in [2.45, 2.75) is 49.6 Å². The second-order valence-electron chi connectivity index (χ2n) is 5.67. The SMILES string of the molecule is CC(=O)NCC(=O)NC1C(O)CC(O)(C(=O)[O-])OC1[C@H](O)[C@H](O)CO. The Morgan fingerprint density at radius 3 is 2.44 bits per heavy atom. The third-order valence-corrected chi connectivity index (χ3v) is 3.65. The molecule has 12 heteroatoms. The lowest BCUT2D eigenvalue weighted by molar-refractivity contribution is -0.374. The number of carboxylic acids is 1. The van der Waals surface area contributed by atoms with Crippen LogP contribution in [0.25, 0.3) is 0 Å². The number of aliphatic carboxylic acids is 1. The highest BCUT2D eigenvalue weighted by Gasteiger charge is 2.50. The van der Waals surface area contributed by atoms with Crippen LogP contribution in [0, 0.1) is 0 Å². The summed E-state index contributed by atoms with van der Waals surface area (Å²) in [6, 6.07) is -1.45. The zero-order chi connectivity index (χ0) is 19.4. The highest BCUT2D eigenvalue weighted by Crippen LogP contribution is 2.29. The summed E-state index contributed by atoms with van der Waals surface area (Å²) in [5.41, 5.74) is 0. The first-order chi connectivity index (χ1) is 11.5. The number of aliphatic hydroxyl groups is 5. The van der Waals surface area contributed by atoms with E-state index in [1.54, 1.807) is 0 Å². The zero-order valence-electron chi connectivity index (χ0n) is 13.3. The average molecular weight is 365 g/mol. The van der Waals surface area contributed by atoms with Gasteiger partial charge in [-0.1, -0.05) is 0 Å². The van der Waals surface area contributed by atoms with E-state index in [0.29, 0.717) is 0 Å². The second kappa shape index (κ2) is 8.51. The molecule has 0 aromatic heterocycles. The first-order valence-electron chi connectivity index (χ1n) is 7.32. The van der Waals surface area contributed by atoms with Crippen LogP contribution in [0.3, 0.4) is 0 Å². The van der Waals surface area contributed by atoms with Gasteiger partial charge in [0.15, 0.2) is 0 Å². The van der Waals surface area contributed by atoms with Crippen molar-refractivity contribution in [1.82, 2.24) is 10.6 Å². The molecule has 1 rings (SSSR count). The van der Waals surface area contributed by atoms with Crippen LogP contribution in [0.15, 0.2) is 0 Å². The third kappa shape index (κ3) is 5.32. The Morgan fingerprint density at radius 2 is 1.96 bits per heavy atom. The van der Waals surface area contributed by atoms with Crippen LogP contribution < -0.4 is 15.7 Å². The van der Waals surface area contributed by atoms with Crippen LogP contribution in [-0.2, 0) is 19.1 Å². The van der Waals surface area contributed by atoms with Crippen molar-refractivity contribution in [3.63, 3.8) is 0 Å². The van der Waals surface area contributed by atoms with Crippen LogP contribution in [0.5, 0.6) is 0 Å². The van der Waals surface area contributed by atoms with Crippen molar-refractivity contribution in [1.29, 1.82) is 0 Å². The molecule has 0 aromatic rings. The molecule has 0 radical (unpaired) electrons. The molecule has 12 nitrogen and oxygen atoms in total. The standard InChI is InChI=1S/C13H22N2O10/c1-5(17)14-3-8(20)15-9-6(18)2-13(24,12(22)23)25-11(9)10(21)7(19)4-16/h6-7,9-11,16,18-19,21,24H,2-4H2,1H3,(H,14,17)(H,15,20)(H,22,23)/p-1/t6?,7-,9?,10-,11?,13?/m1/s1. The second-order valence-corrected chi connectivity index (χ2v) is 5.67. The number of amides is 2. The number of carbonyl (C=O) groups is 3. The Kier molecular flexibility index (Phi) is 7.22. The monoisotopic (exact) mass is 365 g/mol. The number of nitrogens with one attached hydrogen (secondary N) is 2. The van der Waals surface area contributed by atoms with E-state index >= 15 is 0 Å². The number of hydrogen-bond donors (Lipinski definition) is 7. The zero-order valence-corrected chi connectivity index (χ0v) is 13.3. The van der Waals surface area contributed by atoms with E-state index in [1.165, 1.54) is 0 Å². The number of carboxylic acid groups (broad SMARTS) is 1. The number of aliphatic hydroxyl groups excluding tert-OH is 4. The first kappa shape index (κ1) is 21.2. The summed E-state index contributed by atoms with van der Waals surface area (Å²) in [6.07, 6.45) is -8.16. The topological polar surface area (TPSA) is 209 Å². The molecule has 0 bridgehead atoms. The largest absolute Gasteiger partial charge is 0.544 e. The summed E-state index contributed by atoms with van der Waals surface area (Å²) < 4.78 is 4.84. The van der Waals surface area contributed by atoms with E-state index in [-0.39, 0.29) is 0 Å². The van der Waals surface area contributed by atoms with E-state index in [4.69, 9.17) is 9.84 Å². The van der Waals surface area contributed by atoms with Gasteiger partial charge in [0.1, 0.15) is 24.3 Å². The molecule has 1 aliphatic rings. The van der Waals surface area contributed by atoms with Crippen molar-refractivity contribution >= 4 is 17.8 Å². The Hall–Kier alpha value is -1.83. The van der Waals surface area contributed by atoms with Gasteiger partial charge < -0.3 is 50.8 Å². The minimum absolute atomic E-state index is 0.478. The van der Waals surface area contributed by atoms with Gasteiger partial charge in [0.2, 0.25) is 17.6 Å². The summed E-state index contributed by atoms with van der Waals surface area (Å²) >= 11 is 0. The van der Waals surface area contributed by atoms with Crippen LogP contribution in [0.1, 0.15) is 13.3 Å². The predicted octanol–water partition coefficient (Wildman–Crippen LogP) is -6.09. The van der Waals surface area contributed by atoms with Crippen molar-refractivity contribution in [2.75, 3.05) is 13.2 Å². The van der Waals surface area contributed by atoms with Crippen molar-refractivity contribution in [3.05, 3.63) is 0 Å². The van der Waals surface area contributed by atoms with Gasteiger partial charge in [-0.15, -0.1) is 0 Å². The van der Waals surface area contributed by atoms with Gasteiger partial charge in [0.05, 0.1) is 25.3 Å². The van der Waals surface area contributed by atoms with E-state index < -0.39 is 73.6 Å². The van der Waals surface area contributed by atoms with Crippen LogP contribution >= 0.6 is 0 Å². The van der Waals surface area contributed by atoms with Gasteiger partial charge in [0, 0.05) is 13.3 Å². The van der Waals surface area contributed by atoms with Gasteiger partial charge in [-0.2, -0.15) is 0 Å². The molecule has 25 heavy (non-hydrogen) atoms. The fourth-order valence-electron chi connectivity index (χ4n) is 2.34. The molecular weight excluding hydrogens is 344 g/mol. The minimum Gasteiger partial charge on any atom is -0.544 e. The maximum Gasteiger partial charge on any atom is 0.239 e. The Labute approximate surface area is 142 Å². The lowest BCUT2D eigenvalue weighted by atomic mass is 9.88. The smallest absolute Gasteiger partial charge is 0.239 e. The molecule has 0 spiro atoms. The van der Waals surface area contributed by atoms with Crippen molar-refractivity contribution in [3.8, 4) is 0 Å². The Bertz CT molecular complexity index is 515. The highest BCUT2D eigenvalue weighted by atomic mass is 16.7. The molecule has 1 saturated heterocycles. The maximum absolute atomic E-state index is 11.8. The molecule has 4 unspecified atom stereocenters. The van der Waals surface area contributed by atoms with E-state index in [0.717, 1.165) is 6.92 Å². The lowest BCUT2D eigenvalue weighted by Gasteiger charge is -2.46. The average Bonchev–Trinajstić information content (AvgIpc) is 2.53. The number of carbonyl (C=O) groups excluding carboxylic acids is 3. The van der Waals surface area contributed by atoms with E-state index in [9.17, 15) is 39.9 Å². The molecule has 6 atom stereocenters. The molecule has 7 N–H and O–H groups in total. The van der Waals surface area contributed by atoms with E-state index in [1.807, 2.05) is 0 Å².